The van der Waals surface area contributed by atoms with Gasteiger partial charge in [-0.3, -0.25) is 4.79 Å². The topological polar surface area (TPSA) is 105 Å². The lowest BCUT2D eigenvalue weighted by Crippen LogP contribution is -2.37. The second kappa shape index (κ2) is 11.0. The van der Waals surface area contributed by atoms with E-state index in [4.69, 9.17) is 4.74 Å². The van der Waals surface area contributed by atoms with Gasteiger partial charge in [-0.05, 0) is 25.3 Å². The zero-order chi connectivity index (χ0) is 17.8. The molecule has 1 N–H and O–H groups in total. The smallest absolute Gasteiger partial charge is 0.407 e. The van der Waals surface area contributed by atoms with E-state index in [0.717, 1.165) is 5.56 Å². The zero-order valence-corrected chi connectivity index (χ0v) is 13.7. The SMILES string of the molecule is CCOC(=O)C(CCCCNC(=O)OCc1ccccc1)C(=O)[O-]. The fourth-order valence-electron chi connectivity index (χ4n) is 2.01. The second-order valence-electron chi connectivity index (χ2n) is 5.11. The highest BCUT2D eigenvalue weighted by atomic mass is 16.5. The number of carbonyl (C=O) groups excluding carboxylic acids is 3. The van der Waals surface area contributed by atoms with Crippen LogP contribution in [0, 0.1) is 5.92 Å². The number of alkyl carbamates (subject to hydrolysis) is 1. The Balaban J connectivity index is 2.17. The third kappa shape index (κ3) is 7.62. The van der Waals surface area contributed by atoms with Crippen LogP contribution >= 0.6 is 0 Å². The lowest BCUT2D eigenvalue weighted by Gasteiger charge is -2.16. The molecule has 132 valence electrons. The van der Waals surface area contributed by atoms with Crippen LogP contribution < -0.4 is 10.4 Å². The predicted octanol–water partition coefficient (Wildman–Crippen LogP) is 1.01. The summed E-state index contributed by atoms with van der Waals surface area (Å²) in [5, 5.41) is 13.5. The molecular weight excluding hydrogens is 314 g/mol. The molecule has 0 aromatic heterocycles. The summed E-state index contributed by atoms with van der Waals surface area (Å²) in [4.78, 5) is 33.9. The van der Waals surface area contributed by atoms with Crippen LogP contribution in [0.2, 0.25) is 0 Å². The number of carboxylic acids is 1. The van der Waals surface area contributed by atoms with E-state index >= 15 is 0 Å². The van der Waals surface area contributed by atoms with Gasteiger partial charge in [0, 0.05) is 6.54 Å². The third-order valence-electron chi connectivity index (χ3n) is 3.26. The van der Waals surface area contributed by atoms with E-state index < -0.39 is 23.9 Å². The molecule has 0 aliphatic heterocycles. The molecule has 1 amide bonds. The summed E-state index contributed by atoms with van der Waals surface area (Å²) in [6.45, 7) is 2.24. The van der Waals surface area contributed by atoms with Crippen LogP contribution in [0.1, 0.15) is 31.7 Å². The Hall–Kier alpha value is -2.57. The molecular formula is C17H22NO6-. The summed E-state index contributed by atoms with van der Waals surface area (Å²) < 4.78 is 9.72. The number of unbranched alkanes of at least 4 members (excludes halogenated alkanes) is 1. The summed E-state index contributed by atoms with van der Waals surface area (Å²) in [5.74, 6) is -3.49. The molecule has 1 rings (SSSR count). The molecule has 0 bridgehead atoms. The van der Waals surface area contributed by atoms with Gasteiger partial charge in [-0.25, -0.2) is 4.79 Å². The van der Waals surface area contributed by atoms with Crippen LogP contribution in [-0.4, -0.2) is 31.2 Å². The minimum absolute atomic E-state index is 0.113. The summed E-state index contributed by atoms with van der Waals surface area (Å²) in [7, 11) is 0. The summed E-state index contributed by atoms with van der Waals surface area (Å²) in [6, 6.07) is 9.28. The minimum atomic E-state index is -1.44. The Labute approximate surface area is 141 Å². The molecule has 0 spiro atoms. The molecule has 24 heavy (non-hydrogen) atoms. The van der Waals surface area contributed by atoms with Gasteiger partial charge in [-0.15, -0.1) is 0 Å². The third-order valence-corrected chi connectivity index (χ3v) is 3.26. The van der Waals surface area contributed by atoms with Gasteiger partial charge < -0.3 is 24.7 Å². The number of carbonyl (C=O) groups is 3. The van der Waals surface area contributed by atoms with E-state index in [0.29, 0.717) is 19.4 Å². The van der Waals surface area contributed by atoms with Crippen LogP contribution in [0.3, 0.4) is 0 Å². The molecule has 7 heteroatoms. The Kier molecular flexibility index (Phi) is 8.96. The van der Waals surface area contributed by atoms with Crippen LogP contribution in [0.4, 0.5) is 4.79 Å². The molecule has 0 aliphatic carbocycles. The largest absolute Gasteiger partial charge is 0.549 e. The van der Waals surface area contributed by atoms with Crippen LogP contribution in [-0.2, 0) is 25.7 Å². The van der Waals surface area contributed by atoms with Crippen LogP contribution in [0.25, 0.3) is 0 Å². The van der Waals surface area contributed by atoms with Gasteiger partial charge in [0.1, 0.15) is 6.61 Å². The van der Waals surface area contributed by atoms with Crippen molar-refractivity contribution in [2.24, 2.45) is 5.92 Å². The maximum Gasteiger partial charge on any atom is 0.407 e. The molecule has 0 radical (unpaired) electrons. The second-order valence-corrected chi connectivity index (χ2v) is 5.11. The van der Waals surface area contributed by atoms with Gasteiger partial charge in [0.05, 0.1) is 18.5 Å². The quantitative estimate of drug-likeness (QED) is 0.388. The lowest BCUT2D eigenvalue weighted by atomic mass is 10.0. The lowest BCUT2D eigenvalue weighted by molar-refractivity contribution is -0.311. The van der Waals surface area contributed by atoms with Crippen molar-refractivity contribution < 1.29 is 29.0 Å². The van der Waals surface area contributed by atoms with Crippen molar-refractivity contribution in [3.8, 4) is 0 Å². The monoisotopic (exact) mass is 336 g/mol. The van der Waals surface area contributed by atoms with Gasteiger partial charge in [-0.2, -0.15) is 0 Å². The van der Waals surface area contributed by atoms with Gasteiger partial charge in [0.25, 0.3) is 0 Å². The number of carboxylic acid groups (broad SMARTS) is 1. The highest BCUT2D eigenvalue weighted by Crippen LogP contribution is 2.10. The Morgan fingerprint density at radius 2 is 1.83 bits per heavy atom. The average Bonchev–Trinajstić information content (AvgIpc) is 2.57. The van der Waals surface area contributed by atoms with E-state index in [1.54, 1.807) is 6.92 Å². The molecule has 1 aromatic rings. The number of benzene rings is 1. The number of nitrogens with one attached hydrogen (secondary N) is 1. The van der Waals surface area contributed by atoms with E-state index in [1.165, 1.54) is 0 Å². The van der Waals surface area contributed by atoms with Gasteiger partial charge in [0.15, 0.2) is 0 Å². The van der Waals surface area contributed by atoms with Crippen molar-refractivity contribution >= 4 is 18.0 Å². The first-order chi connectivity index (χ1) is 11.5. The number of rotatable bonds is 10. The van der Waals surface area contributed by atoms with E-state index in [-0.39, 0.29) is 19.6 Å². The minimum Gasteiger partial charge on any atom is -0.549 e. The molecule has 7 nitrogen and oxygen atoms in total. The zero-order valence-electron chi connectivity index (χ0n) is 13.7. The Morgan fingerprint density at radius 3 is 2.46 bits per heavy atom. The van der Waals surface area contributed by atoms with E-state index in [9.17, 15) is 19.5 Å². The normalized spacial score (nSPS) is 11.4. The highest BCUT2D eigenvalue weighted by molar-refractivity contribution is 5.92. The van der Waals surface area contributed by atoms with Gasteiger partial charge >= 0.3 is 12.1 Å². The number of amides is 1. The number of hydrogen-bond donors (Lipinski definition) is 1. The first kappa shape index (κ1) is 19.5. The molecule has 0 aliphatic rings. The summed E-state index contributed by atoms with van der Waals surface area (Å²) in [6.07, 6.45) is 0.530. The first-order valence-electron chi connectivity index (χ1n) is 7.86. The maximum absolute atomic E-state index is 11.5. The summed E-state index contributed by atoms with van der Waals surface area (Å²) in [5.41, 5.74) is 0.888. The molecule has 0 heterocycles. The number of aliphatic carboxylic acids is 1. The van der Waals surface area contributed by atoms with Crippen LogP contribution in [0.5, 0.6) is 0 Å². The fourth-order valence-corrected chi connectivity index (χ4v) is 2.01. The van der Waals surface area contributed by atoms with Crippen LogP contribution in [0.15, 0.2) is 30.3 Å². The molecule has 0 fully saturated rings. The van der Waals surface area contributed by atoms with Gasteiger partial charge in [-0.1, -0.05) is 36.8 Å². The van der Waals surface area contributed by atoms with Crippen molar-refractivity contribution in [2.75, 3.05) is 13.2 Å². The van der Waals surface area contributed by atoms with E-state index in [2.05, 4.69) is 10.1 Å². The van der Waals surface area contributed by atoms with Crippen molar-refractivity contribution in [2.45, 2.75) is 32.8 Å². The molecule has 0 saturated carbocycles. The average molecular weight is 336 g/mol. The van der Waals surface area contributed by atoms with Gasteiger partial charge in [0.2, 0.25) is 0 Å². The first-order valence-corrected chi connectivity index (χ1v) is 7.86. The molecule has 0 saturated heterocycles. The fraction of sp³-hybridized carbons (Fsp3) is 0.471. The Bertz CT molecular complexity index is 531. The molecule has 1 unspecified atom stereocenters. The predicted molar refractivity (Wildman–Crippen MR) is 83.6 cm³/mol. The van der Waals surface area contributed by atoms with E-state index in [1.807, 2.05) is 30.3 Å². The molecule has 1 aromatic carbocycles. The number of ether oxygens (including phenoxy) is 2. The summed E-state index contributed by atoms with van der Waals surface area (Å²) >= 11 is 0. The maximum atomic E-state index is 11.5. The highest BCUT2D eigenvalue weighted by Gasteiger charge is 2.20. The Morgan fingerprint density at radius 1 is 1.12 bits per heavy atom. The van der Waals surface area contributed by atoms with Crippen molar-refractivity contribution in [1.29, 1.82) is 0 Å². The van der Waals surface area contributed by atoms with Crippen molar-refractivity contribution in [3.05, 3.63) is 35.9 Å². The number of esters is 1. The number of hydrogen-bond acceptors (Lipinski definition) is 6. The standard InChI is InChI=1S/C17H23NO6/c1-2-23-16(21)14(15(19)20)10-6-7-11-18-17(22)24-12-13-8-4-3-5-9-13/h3-5,8-9,14H,2,6-7,10-12H2,1H3,(H,18,22)(H,19,20)/p-1. The van der Waals surface area contributed by atoms with Crippen molar-refractivity contribution in [1.82, 2.24) is 5.32 Å². The molecule has 1 atom stereocenters. The van der Waals surface area contributed by atoms with Crippen molar-refractivity contribution in [3.63, 3.8) is 0 Å².